The van der Waals surface area contributed by atoms with Gasteiger partial charge in [0.05, 0.1) is 7.05 Å². The van der Waals surface area contributed by atoms with E-state index < -0.39 is 5.54 Å². The minimum atomic E-state index is -1.03. The van der Waals surface area contributed by atoms with Crippen LogP contribution in [0.4, 0.5) is 4.79 Å². The molecule has 2 N–H and O–H groups in total. The van der Waals surface area contributed by atoms with Crippen molar-refractivity contribution in [1.29, 1.82) is 0 Å². The lowest BCUT2D eigenvalue weighted by Gasteiger charge is -2.23. The Labute approximate surface area is 165 Å². The maximum absolute atomic E-state index is 13.0. The van der Waals surface area contributed by atoms with E-state index in [1.54, 1.807) is 13.0 Å². The van der Waals surface area contributed by atoms with Crippen LogP contribution in [0.15, 0.2) is 67.3 Å². The van der Waals surface area contributed by atoms with Gasteiger partial charge in [0.2, 0.25) is 0 Å². The van der Waals surface area contributed by atoms with Crippen molar-refractivity contribution in [3.8, 4) is 5.75 Å². The van der Waals surface area contributed by atoms with E-state index in [9.17, 15) is 9.59 Å². The van der Waals surface area contributed by atoms with Gasteiger partial charge in [-0.2, -0.15) is 0 Å². The first kappa shape index (κ1) is 19.6. The lowest BCUT2D eigenvalue weighted by molar-refractivity contribution is -0.901. The maximum atomic E-state index is 13.0. The summed E-state index contributed by atoms with van der Waals surface area (Å²) in [5.74, 6) is 0.560. The van der Waals surface area contributed by atoms with Crippen molar-refractivity contribution in [1.82, 2.24) is 10.2 Å². The molecule has 1 heterocycles. The SMILES string of the molecule is C=CCOc1ccc(C[NH+](C)CN2C(=O)N[C@@](C)(c3ccccc3)C2=O)cc1. The fourth-order valence-electron chi connectivity index (χ4n) is 3.34. The van der Waals surface area contributed by atoms with Gasteiger partial charge in [-0.05, 0) is 36.8 Å². The molecule has 6 heteroatoms. The number of amides is 3. The number of carbonyl (C=O) groups excluding carboxylic acids is 2. The number of nitrogens with one attached hydrogen (secondary N) is 2. The molecule has 2 atom stereocenters. The third-order valence-electron chi connectivity index (χ3n) is 4.85. The van der Waals surface area contributed by atoms with Gasteiger partial charge in [0, 0.05) is 5.56 Å². The van der Waals surface area contributed by atoms with Crippen molar-refractivity contribution < 1.29 is 19.2 Å². The Hall–Kier alpha value is -3.12. The first-order valence-electron chi connectivity index (χ1n) is 9.27. The first-order valence-corrected chi connectivity index (χ1v) is 9.27. The molecular formula is C22H26N3O3+. The molecule has 1 fully saturated rings. The van der Waals surface area contributed by atoms with Gasteiger partial charge in [0.25, 0.3) is 5.91 Å². The van der Waals surface area contributed by atoms with E-state index in [-0.39, 0.29) is 11.9 Å². The summed E-state index contributed by atoms with van der Waals surface area (Å²) in [6, 6.07) is 16.8. The highest BCUT2D eigenvalue weighted by molar-refractivity contribution is 6.07. The Kier molecular flexibility index (Phi) is 5.80. The second-order valence-electron chi connectivity index (χ2n) is 7.19. The largest absolute Gasteiger partial charge is 0.490 e. The second-order valence-corrected chi connectivity index (χ2v) is 7.19. The van der Waals surface area contributed by atoms with Gasteiger partial charge in [0.1, 0.15) is 24.4 Å². The number of hydrogen-bond acceptors (Lipinski definition) is 3. The van der Waals surface area contributed by atoms with Crippen LogP contribution in [-0.2, 0) is 16.9 Å². The molecule has 2 aromatic carbocycles. The lowest BCUT2D eigenvalue weighted by Crippen LogP contribution is -3.09. The highest BCUT2D eigenvalue weighted by Gasteiger charge is 2.49. The molecule has 0 bridgehead atoms. The molecule has 1 aliphatic rings. The molecule has 1 unspecified atom stereocenters. The predicted octanol–water partition coefficient (Wildman–Crippen LogP) is 1.69. The van der Waals surface area contributed by atoms with Crippen molar-refractivity contribution >= 4 is 11.9 Å². The second kappa shape index (κ2) is 8.27. The Balaban J connectivity index is 1.64. The van der Waals surface area contributed by atoms with Crippen molar-refractivity contribution in [2.24, 2.45) is 0 Å². The average Bonchev–Trinajstić information content (AvgIpc) is 2.92. The smallest absolute Gasteiger partial charge is 0.329 e. The average molecular weight is 380 g/mol. The van der Waals surface area contributed by atoms with Crippen LogP contribution in [0.5, 0.6) is 5.75 Å². The quantitative estimate of drug-likeness (QED) is 0.541. The van der Waals surface area contributed by atoms with Gasteiger partial charge in [-0.1, -0.05) is 43.0 Å². The molecule has 1 aliphatic heterocycles. The van der Waals surface area contributed by atoms with E-state index in [0.29, 0.717) is 19.8 Å². The highest BCUT2D eigenvalue weighted by atomic mass is 16.5. The molecule has 0 saturated carbocycles. The molecule has 0 radical (unpaired) electrons. The standard InChI is InChI=1S/C22H25N3O3/c1-4-14-28-19-12-10-17(11-13-19)15-24(3)16-25-20(26)22(2,23-21(25)27)18-8-6-5-7-9-18/h4-13H,1,14-16H2,2-3H3,(H,23,27)/p+1/t22-/m0/s1. The van der Waals surface area contributed by atoms with Gasteiger partial charge in [-0.3, -0.25) is 4.79 Å². The number of carbonyl (C=O) groups is 2. The number of hydrogen-bond donors (Lipinski definition) is 2. The van der Waals surface area contributed by atoms with Crippen LogP contribution in [-0.4, -0.2) is 37.2 Å². The molecule has 1 saturated heterocycles. The Morgan fingerprint density at radius 3 is 2.46 bits per heavy atom. The van der Waals surface area contributed by atoms with E-state index in [0.717, 1.165) is 21.8 Å². The molecule has 0 spiro atoms. The van der Waals surface area contributed by atoms with Crippen LogP contribution in [0, 0.1) is 0 Å². The van der Waals surface area contributed by atoms with Crippen LogP contribution in [0.1, 0.15) is 18.1 Å². The number of nitrogens with zero attached hydrogens (tertiary/aromatic N) is 1. The fraction of sp³-hybridized carbons (Fsp3) is 0.273. The monoisotopic (exact) mass is 380 g/mol. The van der Waals surface area contributed by atoms with E-state index in [4.69, 9.17) is 4.74 Å². The minimum Gasteiger partial charge on any atom is -0.490 e. The molecule has 146 valence electrons. The number of urea groups is 1. The van der Waals surface area contributed by atoms with Gasteiger partial charge >= 0.3 is 6.03 Å². The van der Waals surface area contributed by atoms with E-state index in [1.807, 2.05) is 61.6 Å². The van der Waals surface area contributed by atoms with Crippen molar-refractivity contribution in [3.05, 3.63) is 78.4 Å². The van der Waals surface area contributed by atoms with E-state index in [1.165, 1.54) is 4.90 Å². The molecule has 0 aliphatic carbocycles. The molecule has 3 rings (SSSR count). The van der Waals surface area contributed by atoms with Crippen LogP contribution >= 0.6 is 0 Å². The fourth-order valence-corrected chi connectivity index (χ4v) is 3.34. The summed E-state index contributed by atoms with van der Waals surface area (Å²) in [7, 11) is 1.96. The summed E-state index contributed by atoms with van der Waals surface area (Å²) < 4.78 is 5.49. The summed E-state index contributed by atoms with van der Waals surface area (Å²) in [6.45, 7) is 6.82. The summed E-state index contributed by atoms with van der Waals surface area (Å²) in [4.78, 5) is 27.8. The maximum Gasteiger partial charge on any atom is 0.329 e. The third-order valence-corrected chi connectivity index (χ3v) is 4.85. The Morgan fingerprint density at radius 1 is 1.14 bits per heavy atom. The van der Waals surface area contributed by atoms with Crippen LogP contribution in [0.3, 0.4) is 0 Å². The summed E-state index contributed by atoms with van der Waals surface area (Å²) in [5, 5.41) is 2.84. The van der Waals surface area contributed by atoms with Crippen molar-refractivity contribution in [2.45, 2.75) is 19.0 Å². The zero-order chi connectivity index (χ0) is 20.1. The Morgan fingerprint density at radius 2 is 1.82 bits per heavy atom. The number of rotatable bonds is 8. The number of ether oxygens (including phenoxy) is 1. The molecule has 0 aromatic heterocycles. The van der Waals surface area contributed by atoms with Crippen molar-refractivity contribution in [2.75, 3.05) is 20.3 Å². The summed E-state index contributed by atoms with van der Waals surface area (Å²) in [6.07, 6.45) is 1.70. The van der Waals surface area contributed by atoms with Gasteiger partial charge in [0.15, 0.2) is 6.67 Å². The Bertz CT molecular complexity index is 851. The van der Waals surface area contributed by atoms with Gasteiger partial charge < -0.3 is 15.0 Å². The van der Waals surface area contributed by atoms with Crippen LogP contribution in [0.2, 0.25) is 0 Å². The molecule has 3 amide bonds. The minimum absolute atomic E-state index is 0.226. The van der Waals surface area contributed by atoms with Crippen molar-refractivity contribution in [3.63, 3.8) is 0 Å². The third kappa shape index (κ3) is 4.07. The van der Waals surface area contributed by atoms with Crippen LogP contribution in [0.25, 0.3) is 0 Å². The zero-order valence-corrected chi connectivity index (χ0v) is 16.3. The highest BCUT2D eigenvalue weighted by Crippen LogP contribution is 2.27. The lowest BCUT2D eigenvalue weighted by atomic mass is 9.92. The molecule has 28 heavy (non-hydrogen) atoms. The number of imide groups is 1. The normalized spacial score (nSPS) is 20.0. The van der Waals surface area contributed by atoms with E-state index >= 15 is 0 Å². The summed E-state index contributed by atoms with van der Waals surface area (Å²) >= 11 is 0. The molecular weight excluding hydrogens is 354 g/mol. The number of benzene rings is 2. The first-order chi connectivity index (χ1) is 13.4. The summed E-state index contributed by atoms with van der Waals surface area (Å²) in [5.41, 5.74) is 0.855. The predicted molar refractivity (Wildman–Crippen MR) is 107 cm³/mol. The van der Waals surface area contributed by atoms with Gasteiger partial charge in [-0.25, -0.2) is 9.69 Å². The molecule has 2 aromatic rings. The topological polar surface area (TPSA) is 63.1 Å². The number of quaternary nitrogens is 1. The molecule has 6 nitrogen and oxygen atoms in total. The zero-order valence-electron chi connectivity index (χ0n) is 16.3. The van der Waals surface area contributed by atoms with Gasteiger partial charge in [-0.15, -0.1) is 0 Å². The van der Waals surface area contributed by atoms with Crippen LogP contribution < -0.4 is 15.0 Å². The van der Waals surface area contributed by atoms with E-state index in [2.05, 4.69) is 11.9 Å².